The minimum atomic E-state index is -0.303. The van der Waals surface area contributed by atoms with Crippen LogP contribution in [0.4, 0.5) is 0 Å². The van der Waals surface area contributed by atoms with Crippen molar-refractivity contribution < 1.29 is 5.11 Å². The topological polar surface area (TPSA) is 20.2 Å². The molecule has 82 valence electrons. The second-order valence-corrected chi connectivity index (χ2v) is 4.83. The predicted molar refractivity (Wildman–Crippen MR) is 63.0 cm³/mol. The first kappa shape index (κ1) is 11.0. The minimum Gasteiger partial charge on any atom is -0.388 e. The van der Waals surface area contributed by atoms with Gasteiger partial charge in [0.15, 0.2) is 0 Å². The Balaban J connectivity index is 2.05. The van der Waals surface area contributed by atoms with Gasteiger partial charge >= 0.3 is 0 Å². The van der Waals surface area contributed by atoms with E-state index in [1.165, 1.54) is 19.3 Å². The lowest BCUT2D eigenvalue weighted by atomic mass is 9.83. The van der Waals surface area contributed by atoms with E-state index in [9.17, 15) is 5.11 Å². The number of hydrogen-bond donors (Lipinski definition) is 1. The molecule has 0 saturated heterocycles. The fourth-order valence-electron chi connectivity index (χ4n) is 2.38. The maximum Gasteiger partial charge on any atom is 0.0818 e. The molecule has 2 rings (SSSR count). The number of aliphatic hydroxyl groups excluding tert-OH is 1. The third-order valence-electron chi connectivity index (χ3n) is 3.31. The van der Waals surface area contributed by atoms with Crippen LogP contribution in [0.15, 0.2) is 24.3 Å². The standard InChI is InChI=1S/C13H17ClO/c14-12-8-6-11(7-9-12)13(15)10-4-2-1-3-5-10/h6-10,13,15H,1-5H2/t13-/m1/s1. The average Bonchev–Trinajstić information content (AvgIpc) is 2.30. The van der Waals surface area contributed by atoms with Crippen molar-refractivity contribution in [1.29, 1.82) is 0 Å². The normalized spacial score (nSPS) is 20.1. The van der Waals surface area contributed by atoms with Gasteiger partial charge in [0.1, 0.15) is 0 Å². The summed E-state index contributed by atoms with van der Waals surface area (Å²) in [5, 5.41) is 10.9. The highest BCUT2D eigenvalue weighted by Crippen LogP contribution is 2.34. The molecule has 0 aliphatic heterocycles. The van der Waals surface area contributed by atoms with E-state index in [0.29, 0.717) is 5.92 Å². The Morgan fingerprint density at radius 1 is 1.07 bits per heavy atom. The predicted octanol–water partition coefficient (Wildman–Crippen LogP) is 3.95. The number of hydrogen-bond acceptors (Lipinski definition) is 1. The monoisotopic (exact) mass is 224 g/mol. The number of benzene rings is 1. The van der Waals surface area contributed by atoms with Crippen molar-refractivity contribution in [1.82, 2.24) is 0 Å². The van der Waals surface area contributed by atoms with Gasteiger partial charge in [0.05, 0.1) is 6.10 Å². The van der Waals surface area contributed by atoms with Gasteiger partial charge in [-0.2, -0.15) is 0 Å². The quantitative estimate of drug-likeness (QED) is 0.807. The Hall–Kier alpha value is -0.530. The van der Waals surface area contributed by atoms with Gasteiger partial charge in [0.25, 0.3) is 0 Å². The smallest absolute Gasteiger partial charge is 0.0818 e. The van der Waals surface area contributed by atoms with Crippen LogP contribution in [-0.4, -0.2) is 5.11 Å². The minimum absolute atomic E-state index is 0.303. The van der Waals surface area contributed by atoms with E-state index in [2.05, 4.69) is 0 Å². The van der Waals surface area contributed by atoms with E-state index in [1.807, 2.05) is 24.3 Å². The lowest BCUT2D eigenvalue weighted by Gasteiger charge is -2.26. The zero-order chi connectivity index (χ0) is 10.7. The van der Waals surface area contributed by atoms with E-state index < -0.39 is 0 Å². The first-order chi connectivity index (χ1) is 7.27. The van der Waals surface area contributed by atoms with E-state index in [1.54, 1.807) is 0 Å². The van der Waals surface area contributed by atoms with E-state index in [0.717, 1.165) is 23.4 Å². The fourth-order valence-corrected chi connectivity index (χ4v) is 2.51. The van der Waals surface area contributed by atoms with Crippen LogP contribution in [0, 0.1) is 5.92 Å². The molecule has 2 heteroatoms. The molecule has 1 nitrogen and oxygen atoms in total. The highest BCUT2D eigenvalue weighted by Gasteiger charge is 2.22. The molecule has 1 aromatic rings. The van der Waals surface area contributed by atoms with Crippen molar-refractivity contribution >= 4 is 11.6 Å². The molecular weight excluding hydrogens is 208 g/mol. The molecule has 1 saturated carbocycles. The van der Waals surface area contributed by atoms with Crippen LogP contribution in [0.3, 0.4) is 0 Å². The van der Waals surface area contributed by atoms with Crippen molar-refractivity contribution in [3.8, 4) is 0 Å². The van der Waals surface area contributed by atoms with Crippen LogP contribution in [0.25, 0.3) is 0 Å². The summed E-state index contributed by atoms with van der Waals surface area (Å²) in [6.45, 7) is 0. The van der Waals surface area contributed by atoms with Crippen LogP contribution in [0.1, 0.15) is 43.8 Å². The van der Waals surface area contributed by atoms with Gasteiger partial charge in [-0.3, -0.25) is 0 Å². The summed E-state index contributed by atoms with van der Waals surface area (Å²) in [4.78, 5) is 0. The summed E-state index contributed by atoms with van der Waals surface area (Å²) in [5.74, 6) is 0.444. The number of halogens is 1. The van der Waals surface area contributed by atoms with Crippen molar-refractivity contribution in [2.75, 3.05) is 0 Å². The van der Waals surface area contributed by atoms with Crippen LogP contribution < -0.4 is 0 Å². The molecule has 1 atom stereocenters. The highest BCUT2D eigenvalue weighted by atomic mass is 35.5. The Bertz CT molecular complexity index is 301. The van der Waals surface area contributed by atoms with Gasteiger partial charge in [-0.1, -0.05) is 43.0 Å². The van der Waals surface area contributed by atoms with Crippen LogP contribution >= 0.6 is 11.6 Å². The van der Waals surface area contributed by atoms with E-state index in [4.69, 9.17) is 11.6 Å². The third kappa shape index (κ3) is 2.73. The van der Waals surface area contributed by atoms with Crippen molar-refractivity contribution in [3.05, 3.63) is 34.9 Å². The van der Waals surface area contributed by atoms with Crippen LogP contribution in [0.2, 0.25) is 5.02 Å². The van der Waals surface area contributed by atoms with Gasteiger partial charge < -0.3 is 5.11 Å². The van der Waals surface area contributed by atoms with Gasteiger partial charge in [0, 0.05) is 5.02 Å². The van der Waals surface area contributed by atoms with Gasteiger partial charge in [-0.25, -0.2) is 0 Å². The maximum absolute atomic E-state index is 10.2. The molecule has 15 heavy (non-hydrogen) atoms. The van der Waals surface area contributed by atoms with Crippen molar-refractivity contribution in [2.45, 2.75) is 38.2 Å². The van der Waals surface area contributed by atoms with Crippen LogP contribution in [-0.2, 0) is 0 Å². The largest absolute Gasteiger partial charge is 0.388 e. The second-order valence-electron chi connectivity index (χ2n) is 4.39. The third-order valence-corrected chi connectivity index (χ3v) is 3.56. The Morgan fingerprint density at radius 3 is 2.27 bits per heavy atom. The highest BCUT2D eigenvalue weighted by molar-refractivity contribution is 6.30. The Labute approximate surface area is 96.1 Å². The van der Waals surface area contributed by atoms with E-state index >= 15 is 0 Å². The second kappa shape index (κ2) is 5.00. The molecule has 1 aromatic carbocycles. The molecule has 0 aromatic heterocycles. The SMILES string of the molecule is O[C@@H](c1ccc(Cl)cc1)C1CCCCC1. The molecule has 0 heterocycles. The molecule has 0 radical (unpaired) electrons. The molecule has 1 aliphatic carbocycles. The van der Waals surface area contributed by atoms with Gasteiger partial charge in [-0.05, 0) is 36.5 Å². The molecule has 0 spiro atoms. The number of aliphatic hydroxyl groups is 1. The Kier molecular flexibility index (Phi) is 3.66. The summed E-state index contributed by atoms with van der Waals surface area (Å²) in [6.07, 6.45) is 5.85. The van der Waals surface area contributed by atoms with E-state index in [-0.39, 0.29) is 6.10 Å². The fraction of sp³-hybridized carbons (Fsp3) is 0.538. The summed E-state index contributed by atoms with van der Waals surface area (Å²) in [6, 6.07) is 7.56. The summed E-state index contributed by atoms with van der Waals surface area (Å²) in [5.41, 5.74) is 1.01. The lowest BCUT2D eigenvalue weighted by Crippen LogP contribution is -2.15. The number of rotatable bonds is 2. The summed E-state index contributed by atoms with van der Waals surface area (Å²) >= 11 is 5.82. The summed E-state index contributed by atoms with van der Waals surface area (Å²) < 4.78 is 0. The van der Waals surface area contributed by atoms with Gasteiger partial charge in [0.2, 0.25) is 0 Å². The Morgan fingerprint density at radius 2 is 1.67 bits per heavy atom. The molecule has 0 amide bonds. The molecule has 1 N–H and O–H groups in total. The van der Waals surface area contributed by atoms with Crippen molar-refractivity contribution in [2.24, 2.45) is 5.92 Å². The van der Waals surface area contributed by atoms with Gasteiger partial charge in [-0.15, -0.1) is 0 Å². The zero-order valence-electron chi connectivity index (χ0n) is 8.82. The lowest BCUT2D eigenvalue weighted by molar-refractivity contribution is 0.0848. The van der Waals surface area contributed by atoms with Crippen LogP contribution in [0.5, 0.6) is 0 Å². The summed E-state index contributed by atoms with van der Waals surface area (Å²) in [7, 11) is 0. The molecule has 1 fully saturated rings. The molecule has 0 bridgehead atoms. The zero-order valence-corrected chi connectivity index (χ0v) is 9.58. The first-order valence-corrected chi connectivity index (χ1v) is 6.09. The molecule has 0 unspecified atom stereocenters. The maximum atomic E-state index is 10.2. The molecule has 1 aliphatic rings. The van der Waals surface area contributed by atoms with Crippen molar-refractivity contribution in [3.63, 3.8) is 0 Å². The first-order valence-electron chi connectivity index (χ1n) is 5.71. The average molecular weight is 225 g/mol. The molecular formula is C13H17ClO.